The van der Waals surface area contributed by atoms with E-state index >= 15 is 0 Å². The van der Waals surface area contributed by atoms with Crippen molar-refractivity contribution in [3.63, 3.8) is 0 Å². The normalized spacial score (nSPS) is 10.2. The molecule has 7 nitrogen and oxygen atoms in total. The van der Waals surface area contributed by atoms with Crippen LogP contribution >= 0.6 is 0 Å². The summed E-state index contributed by atoms with van der Waals surface area (Å²) in [6.45, 7) is 15.5. The van der Waals surface area contributed by atoms with Crippen LogP contribution in [0.5, 0.6) is 0 Å². The molecule has 0 spiro atoms. The van der Waals surface area contributed by atoms with Gasteiger partial charge in [-0.05, 0) is 32.4 Å². The number of carbonyl (C=O) groups excluding carboxylic acids is 2. The fraction of sp³-hybridized carbons (Fsp3) is 0.625. The highest BCUT2D eigenvalue weighted by atomic mass is 16.5. The zero-order valence-electron chi connectivity index (χ0n) is 19.7. The second kappa shape index (κ2) is 22.3. The summed E-state index contributed by atoms with van der Waals surface area (Å²) in [5, 5.41) is 11.7. The van der Waals surface area contributed by atoms with Gasteiger partial charge < -0.3 is 20.1 Å². The number of ether oxygens (including phenoxy) is 1. The summed E-state index contributed by atoms with van der Waals surface area (Å²) in [5.74, 6) is -1.63. The Hall–Kier alpha value is -2.41. The molecule has 0 aromatic rings. The summed E-state index contributed by atoms with van der Waals surface area (Å²) >= 11 is 0. The van der Waals surface area contributed by atoms with Crippen LogP contribution in [-0.4, -0.2) is 54.1 Å². The van der Waals surface area contributed by atoms with Gasteiger partial charge in [0, 0.05) is 30.9 Å². The predicted molar refractivity (Wildman–Crippen MR) is 126 cm³/mol. The third-order valence-corrected chi connectivity index (χ3v) is 4.17. The van der Waals surface area contributed by atoms with E-state index in [1.165, 1.54) is 42.9 Å². The Morgan fingerprint density at radius 3 is 2.16 bits per heavy atom. The molecule has 0 unspecified atom stereocenters. The first-order valence-corrected chi connectivity index (χ1v) is 11.2. The van der Waals surface area contributed by atoms with Gasteiger partial charge >= 0.3 is 11.9 Å². The maximum atomic E-state index is 11.5. The quantitative estimate of drug-likeness (QED) is 0.198. The van der Waals surface area contributed by atoms with E-state index in [-0.39, 0.29) is 11.9 Å². The number of carboxylic acid groups (broad SMARTS) is 1. The number of unbranched alkanes of at least 4 members (excludes halogenated alkanes) is 6. The van der Waals surface area contributed by atoms with E-state index in [1.54, 1.807) is 6.92 Å². The van der Waals surface area contributed by atoms with Gasteiger partial charge in [-0.1, -0.05) is 65.5 Å². The Kier molecular flexibility index (Phi) is 22.1. The van der Waals surface area contributed by atoms with E-state index in [9.17, 15) is 14.4 Å². The summed E-state index contributed by atoms with van der Waals surface area (Å²) in [7, 11) is 0. The first-order chi connectivity index (χ1) is 14.8. The number of hydrogen-bond donors (Lipinski definition) is 2. The molecule has 0 rings (SSSR count). The summed E-state index contributed by atoms with van der Waals surface area (Å²) in [5.41, 5.74) is 0.452. The molecular formula is C24H42N2O5. The number of amides is 1. The number of carbonyl (C=O) groups is 3. The van der Waals surface area contributed by atoms with E-state index in [2.05, 4.69) is 32.3 Å². The molecule has 0 aliphatic rings. The van der Waals surface area contributed by atoms with Crippen molar-refractivity contribution < 1.29 is 24.2 Å². The van der Waals surface area contributed by atoms with Gasteiger partial charge in [0.2, 0.25) is 5.91 Å². The standard InChI is InChI=1S/C14H23NO3.C10H19NO2/c1-3-5-6-7-8-9-11-15(13(16)4-2)12-10-14(17)18;1-4-5-6-11-7-8-13-10(12)9(2)3/h4,10,12H,2-3,5-9,11H2,1H3,(H,17,18);11H,2,4-8H2,1,3H3/b12-10+;. The third kappa shape index (κ3) is 22.1. The minimum Gasteiger partial charge on any atom is -0.478 e. The molecule has 0 atom stereocenters. The summed E-state index contributed by atoms with van der Waals surface area (Å²) in [4.78, 5) is 34.1. The predicted octanol–water partition coefficient (Wildman–Crippen LogP) is 4.46. The fourth-order valence-corrected chi connectivity index (χ4v) is 2.36. The topological polar surface area (TPSA) is 95.9 Å². The summed E-state index contributed by atoms with van der Waals surface area (Å²) in [6.07, 6.45) is 12.6. The van der Waals surface area contributed by atoms with Crippen LogP contribution in [0.1, 0.15) is 72.1 Å². The highest BCUT2D eigenvalue weighted by Crippen LogP contribution is 2.06. The Bertz CT molecular complexity index is 558. The monoisotopic (exact) mass is 438 g/mol. The van der Waals surface area contributed by atoms with Gasteiger partial charge in [0.25, 0.3) is 0 Å². The summed E-state index contributed by atoms with van der Waals surface area (Å²) in [6, 6.07) is 0. The van der Waals surface area contributed by atoms with Gasteiger partial charge in [-0.25, -0.2) is 9.59 Å². The molecule has 0 fully saturated rings. The van der Waals surface area contributed by atoms with E-state index in [1.807, 2.05) is 0 Å². The Labute approximate surface area is 188 Å². The molecule has 0 heterocycles. The van der Waals surface area contributed by atoms with Gasteiger partial charge in [-0.2, -0.15) is 0 Å². The highest BCUT2D eigenvalue weighted by molar-refractivity contribution is 5.89. The van der Waals surface area contributed by atoms with Gasteiger partial charge in [0.05, 0.1) is 0 Å². The second-order valence-electron chi connectivity index (χ2n) is 7.18. The molecular weight excluding hydrogens is 396 g/mol. The van der Waals surface area contributed by atoms with Crippen LogP contribution in [0.15, 0.2) is 37.1 Å². The largest absolute Gasteiger partial charge is 0.478 e. The number of carboxylic acids is 1. The van der Waals surface area contributed by atoms with Crippen molar-refractivity contribution in [3.8, 4) is 0 Å². The second-order valence-corrected chi connectivity index (χ2v) is 7.18. The number of aliphatic carboxylic acids is 1. The highest BCUT2D eigenvalue weighted by Gasteiger charge is 2.06. The van der Waals surface area contributed by atoms with E-state index < -0.39 is 5.97 Å². The van der Waals surface area contributed by atoms with Gasteiger partial charge in [-0.15, -0.1) is 0 Å². The molecule has 0 saturated carbocycles. The van der Waals surface area contributed by atoms with Crippen LogP contribution in [0.25, 0.3) is 0 Å². The van der Waals surface area contributed by atoms with Crippen molar-refractivity contribution in [1.82, 2.24) is 10.2 Å². The first kappa shape index (κ1) is 30.8. The molecule has 0 saturated heterocycles. The molecule has 178 valence electrons. The summed E-state index contributed by atoms with van der Waals surface area (Å²) < 4.78 is 4.88. The van der Waals surface area contributed by atoms with Gasteiger partial charge in [-0.3, -0.25) is 4.79 Å². The number of hydrogen-bond acceptors (Lipinski definition) is 5. The van der Waals surface area contributed by atoms with Gasteiger partial charge in [0.1, 0.15) is 6.61 Å². The van der Waals surface area contributed by atoms with Crippen molar-refractivity contribution in [2.75, 3.05) is 26.2 Å². The maximum Gasteiger partial charge on any atom is 0.333 e. The number of esters is 1. The van der Waals surface area contributed by atoms with Crippen LogP contribution in [0.4, 0.5) is 0 Å². The third-order valence-electron chi connectivity index (χ3n) is 4.17. The van der Waals surface area contributed by atoms with E-state index in [4.69, 9.17) is 9.84 Å². The first-order valence-electron chi connectivity index (χ1n) is 11.2. The van der Waals surface area contributed by atoms with Crippen LogP contribution in [0.3, 0.4) is 0 Å². The molecule has 7 heteroatoms. The number of rotatable bonds is 17. The van der Waals surface area contributed by atoms with Crippen molar-refractivity contribution in [3.05, 3.63) is 37.1 Å². The molecule has 0 bridgehead atoms. The molecule has 0 aliphatic carbocycles. The Balaban J connectivity index is 0. The molecule has 0 aliphatic heterocycles. The lowest BCUT2D eigenvalue weighted by molar-refractivity contribution is -0.138. The van der Waals surface area contributed by atoms with Crippen molar-refractivity contribution in [1.29, 1.82) is 0 Å². The SMILES string of the molecule is C=C(C)C(=O)OCCNCCCC.C=CC(=O)N(/C=C/C(=O)O)CCCCCCCC. The zero-order valence-corrected chi connectivity index (χ0v) is 19.7. The minimum absolute atomic E-state index is 0.263. The maximum absolute atomic E-state index is 11.5. The molecule has 31 heavy (non-hydrogen) atoms. The molecule has 2 N–H and O–H groups in total. The number of nitrogens with one attached hydrogen (secondary N) is 1. The molecule has 0 radical (unpaired) electrons. The Morgan fingerprint density at radius 2 is 1.61 bits per heavy atom. The van der Waals surface area contributed by atoms with Crippen LogP contribution in [0, 0.1) is 0 Å². The fourth-order valence-electron chi connectivity index (χ4n) is 2.36. The zero-order chi connectivity index (χ0) is 23.9. The van der Waals surface area contributed by atoms with E-state index in [0.29, 0.717) is 18.7 Å². The molecule has 1 amide bonds. The average molecular weight is 439 g/mol. The van der Waals surface area contributed by atoms with Crippen molar-refractivity contribution in [2.24, 2.45) is 0 Å². The van der Waals surface area contributed by atoms with Crippen LogP contribution in [0.2, 0.25) is 0 Å². The van der Waals surface area contributed by atoms with Crippen molar-refractivity contribution >= 4 is 17.8 Å². The number of nitrogens with zero attached hydrogens (tertiary/aromatic N) is 1. The lowest BCUT2D eigenvalue weighted by atomic mass is 10.1. The Morgan fingerprint density at radius 1 is 1.00 bits per heavy atom. The average Bonchev–Trinajstić information content (AvgIpc) is 2.74. The lowest BCUT2D eigenvalue weighted by Crippen LogP contribution is -2.25. The smallest absolute Gasteiger partial charge is 0.333 e. The lowest BCUT2D eigenvalue weighted by Gasteiger charge is -2.15. The van der Waals surface area contributed by atoms with Crippen LogP contribution < -0.4 is 5.32 Å². The van der Waals surface area contributed by atoms with Crippen LogP contribution in [-0.2, 0) is 19.1 Å². The van der Waals surface area contributed by atoms with Crippen molar-refractivity contribution in [2.45, 2.75) is 72.1 Å². The van der Waals surface area contributed by atoms with Gasteiger partial charge in [0.15, 0.2) is 0 Å². The van der Waals surface area contributed by atoms with E-state index in [0.717, 1.165) is 44.8 Å². The minimum atomic E-state index is -1.06. The molecule has 0 aromatic heterocycles. The molecule has 0 aromatic carbocycles.